The van der Waals surface area contributed by atoms with Crippen LogP contribution in [0.1, 0.15) is 24.8 Å². The predicted octanol–water partition coefficient (Wildman–Crippen LogP) is 1.18. The van der Waals surface area contributed by atoms with Gasteiger partial charge < -0.3 is 15.7 Å². The van der Waals surface area contributed by atoms with Gasteiger partial charge in [-0.2, -0.15) is 0 Å². The Morgan fingerprint density at radius 3 is 2.94 bits per heavy atom. The highest BCUT2D eigenvalue weighted by Gasteiger charge is 2.28. The molecule has 1 aliphatic heterocycles. The molecule has 1 aromatic carbocycles. The lowest BCUT2D eigenvalue weighted by atomic mass is 10.00. The SMILES string of the molecule is CC(CC(=O)O)NC(=O)C1CNc2ccccc21. The first kappa shape index (κ1) is 12.4. The minimum atomic E-state index is -0.909. The van der Waals surface area contributed by atoms with E-state index < -0.39 is 5.97 Å². The number of carboxylic acids is 1. The molecule has 0 saturated heterocycles. The number of anilines is 1. The molecular weight excluding hydrogens is 232 g/mol. The summed E-state index contributed by atoms with van der Waals surface area (Å²) in [5, 5.41) is 14.6. The van der Waals surface area contributed by atoms with Crippen LogP contribution in [0, 0.1) is 0 Å². The fraction of sp³-hybridized carbons (Fsp3) is 0.385. The Kier molecular flexibility index (Phi) is 3.50. The normalized spacial score (nSPS) is 18.6. The molecule has 0 spiro atoms. The molecule has 0 saturated carbocycles. The van der Waals surface area contributed by atoms with Crippen molar-refractivity contribution >= 4 is 17.6 Å². The molecule has 1 aliphatic rings. The van der Waals surface area contributed by atoms with Crippen LogP contribution in [-0.2, 0) is 9.59 Å². The maximum Gasteiger partial charge on any atom is 0.305 e. The molecule has 0 fully saturated rings. The number of carboxylic acid groups (broad SMARTS) is 1. The number of amides is 1. The number of hydrogen-bond donors (Lipinski definition) is 3. The van der Waals surface area contributed by atoms with Crippen molar-refractivity contribution < 1.29 is 14.7 Å². The summed E-state index contributed by atoms with van der Waals surface area (Å²) >= 11 is 0. The molecule has 2 unspecified atom stereocenters. The molecule has 1 aromatic rings. The molecule has 1 amide bonds. The third-order valence-corrected chi connectivity index (χ3v) is 3.02. The first-order valence-electron chi connectivity index (χ1n) is 5.93. The van der Waals surface area contributed by atoms with E-state index in [0.717, 1.165) is 11.3 Å². The van der Waals surface area contributed by atoms with E-state index in [1.54, 1.807) is 6.92 Å². The van der Waals surface area contributed by atoms with Crippen molar-refractivity contribution in [3.8, 4) is 0 Å². The van der Waals surface area contributed by atoms with Crippen LogP contribution >= 0.6 is 0 Å². The minimum Gasteiger partial charge on any atom is -0.481 e. The molecular formula is C13H16N2O3. The summed E-state index contributed by atoms with van der Waals surface area (Å²) in [5.41, 5.74) is 1.95. The largest absolute Gasteiger partial charge is 0.481 e. The standard InChI is InChI=1S/C13H16N2O3/c1-8(6-12(16)17)15-13(18)10-7-14-11-5-3-2-4-9(10)11/h2-5,8,10,14H,6-7H2,1H3,(H,15,18)(H,16,17). The topological polar surface area (TPSA) is 78.4 Å². The van der Waals surface area contributed by atoms with E-state index in [1.165, 1.54) is 0 Å². The van der Waals surface area contributed by atoms with Crippen LogP contribution in [0.15, 0.2) is 24.3 Å². The molecule has 5 heteroatoms. The van der Waals surface area contributed by atoms with Gasteiger partial charge in [-0.25, -0.2) is 0 Å². The predicted molar refractivity (Wildman–Crippen MR) is 67.5 cm³/mol. The summed E-state index contributed by atoms with van der Waals surface area (Å²) < 4.78 is 0. The van der Waals surface area contributed by atoms with Crippen molar-refractivity contribution in [3.63, 3.8) is 0 Å². The van der Waals surface area contributed by atoms with Crippen molar-refractivity contribution in [2.45, 2.75) is 25.3 Å². The number of hydrogen-bond acceptors (Lipinski definition) is 3. The lowest BCUT2D eigenvalue weighted by molar-refractivity contribution is -0.137. The highest BCUT2D eigenvalue weighted by atomic mass is 16.4. The van der Waals surface area contributed by atoms with Crippen LogP contribution in [0.4, 0.5) is 5.69 Å². The Morgan fingerprint density at radius 1 is 1.50 bits per heavy atom. The highest BCUT2D eigenvalue weighted by Crippen LogP contribution is 2.31. The average molecular weight is 248 g/mol. The average Bonchev–Trinajstić information content (AvgIpc) is 2.71. The van der Waals surface area contributed by atoms with Gasteiger partial charge in [0.15, 0.2) is 0 Å². The second-order valence-corrected chi connectivity index (χ2v) is 4.53. The summed E-state index contributed by atoms with van der Waals surface area (Å²) in [6.07, 6.45) is -0.0620. The monoisotopic (exact) mass is 248 g/mol. The number of nitrogens with one attached hydrogen (secondary N) is 2. The fourth-order valence-corrected chi connectivity index (χ4v) is 2.17. The highest BCUT2D eigenvalue weighted by molar-refractivity contribution is 5.88. The van der Waals surface area contributed by atoms with Crippen LogP contribution in [0.5, 0.6) is 0 Å². The lowest BCUT2D eigenvalue weighted by Crippen LogP contribution is -2.38. The number of rotatable bonds is 4. The van der Waals surface area contributed by atoms with Crippen LogP contribution in [0.3, 0.4) is 0 Å². The first-order valence-corrected chi connectivity index (χ1v) is 5.93. The van der Waals surface area contributed by atoms with Gasteiger partial charge in [-0.1, -0.05) is 18.2 Å². The zero-order valence-corrected chi connectivity index (χ0v) is 10.1. The zero-order chi connectivity index (χ0) is 13.1. The third kappa shape index (κ3) is 2.61. The van der Waals surface area contributed by atoms with Crippen LogP contribution in [-0.4, -0.2) is 29.6 Å². The Balaban J connectivity index is 2.01. The molecule has 1 heterocycles. The number of carbonyl (C=O) groups excluding carboxylic acids is 1. The molecule has 0 aliphatic carbocycles. The van der Waals surface area contributed by atoms with Crippen molar-refractivity contribution in [1.82, 2.24) is 5.32 Å². The summed E-state index contributed by atoms with van der Waals surface area (Å²) in [4.78, 5) is 22.6. The lowest BCUT2D eigenvalue weighted by Gasteiger charge is -2.15. The van der Waals surface area contributed by atoms with Gasteiger partial charge in [-0.05, 0) is 18.6 Å². The maximum absolute atomic E-state index is 12.1. The van der Waals surface area contributed by atoms with Gasteiger partial charge in [0, 0.05) is 18.3 Å². The number of aliphatic carboxylic acids is 1. The fourth-order valence-electron chi connectivity index (χ4n) is 2.17. The van der Waals surface area contributed by atoms with Crippen molar-refractivity contribution in [2.75, 3.05) is 11.9 Å². The second-order valence-electron chi connectivity index (χ2n) is 4.53. The Labute approximate surface area is 105 Å². The first-order chi connectivity index (χ1) is 8.58. The molecule has 18 heavy (non-hydrogen) atoms. The molecule has 5 nitrogen and oxygen atoms in total. The Hall–Kier alpha value is -2.04. The van der Waals surface area contributed by atoms with Gasteiger partial charge in [0.05, 0.1) is 12.3 Å². The summed E-state index contributed by atoms with van der Waals surface area (Å²) in [6.45, 7) is 2.26. The summed E-state index contributed by atoms with van der Waals surface area (Å²) in [6, 6.07) is 7.30. The molecule has 0 radical (unpaired) electrons. The number of fused-ring (bicyclic) bond motifs is 1. The van der Waals surface area contributed by atoms with E-state index in [1.807, 2.05) is 24.3 Å². The van der Waals surface area contributed by atoms with Crippen LogP contribution in [0.2, 0.25) is 0 Å². The van der Waals surface area contributed by atoms with E-state index in [9.17, 15) is 9.59 Å². The molecule has 2 atom stereocenters. The van der Waals surface area contributed by atoms with Gasteiger partial charge >= 0.3 is 5.97 Å². The quantitative estimate of drug-likeness (QED) is 0.747. The summed E-state index contributed by atoms with van der Waals surface area (Å²) in [5.74, 6) is -1.27. The van der Waals surface area contributed by atoms with Crippen LogP contribution in [0.25, 0.3) is 0 Å². The smallest absolute Gasteiger partial charge is 0.305 e. The van der Waals surface area contributed by atoms with Gasteiger partial charge in [0.25, 0.3) is 0 Å². The van der Waals surface area contributed by atoms with Gasteiger partial charge in [-0.15, -0.1) is 0 Å². The molecule has 2 rings (SSSR count). The van der Waals surface area contributed by atoms with Gasteiger partial charge in [0.2, 0.25) is 5.91 Å². The van der Waals surface area contributed by atoms with E-state index in [0.29, 0.717) is 6.54 Å². The third-order valence-electron chi connectivity index (χ3n) is 3.02. The second kappa shape index (κ2) is 5.08. The Bertz CT molecular complexity index is 473. The van der Waals surface area contributed by atoms with Crippen molar-refractivity contribution in [2.24, 2.45) is 0 Å². The molecule has 3 N–H and O–H groups in total. The van der Waals surface area contributed by atoms with E-state index in [-0.39, 0.29) is 24.3 Å². The van der Waals surface area contributed by atoms with Crippen molar-refractivity contribution in [1.29, 1.82) is 0 Å². The van der Waals surface area contributed by atoms with Gasteiger partial charge in [0.1, 0.15) is 0 Å². The summed E-state index contributed by atoms with van der Waals surface area (Å²) in [7, 11) is 0. The van der Waals surface area contributed by atoms with Gasteiger partial charge in [-0.3, -0.25) is 9.59 Å². The minimum absolute atomic E-state index is 0.0620. The zero-order valence-electron chi connectivity index (χ0n) is 10.1. The maximum atomic E-state index is 12.1. The van der Waals surface area contributed by atoms with E-state index in [4.69, 9.17) is 5.11 Å². The number of para-hydroxylation sites is 1. The number of benzene rings is 1. The Morgan fingerprint density at radius 2 is 2.22 bits per heavy atom. The van der Waals surface area contributed by atoms with Crippen molar-refractivity contribution in [3.05, 3.63) is 29.8 Å². The van der Waals surface area contributed by atoms with E-state index in [2.05, 4.69) is 10.6 Å². The molecule has 0 aromatic heterocycles. The number of carbonyl (C=O) groups is 2. The molecule has 0 bridgehead atoms. The van der Waals surface area contributed by atoms with Crippen LogP contribution < -0.4 is 10.6 Å². The molecule has 96 valence electrons. The van der Waals surface area contributed by atoms with E-state index >= 15 is 0 Å².